The molecule has 78 valence electrons. The maximum atomic E-state index is 11.5. The summed E-state index contributed by atoms with van der Waals surface area (Å²) < 4.78 is 1.11. The molecule has 15 heavy (non-hydrogen) atoms. The van der Waals surface area contributed by atoms with E-state index in [2.05, 4.69) is 10.1 Å². The molecule has 0 unspecified atom stereocenters. The summed E-state index contributed by atoms with van der Waals surface area (Å²) in [6.07, 6.45) is 1.85. The normalized spacial score (nSPS) is 10.7. The van der Waals surface area contributed by atoms with Gasteiger partial charge in [-0.3, -0.25) is 9.89 Å². The van der Waals surface area contributed by atoms with Crippen molar-refractivity contribution in [2.24, 2.45) is 0 Å². The van der Waals surface area contributed by atoms with E-state index in [9.17, 15) is 9.59 Å². The minimum atomic E-state index is -1.10. The van der Waals surface area contributed by atoms with Crippen molar-refractivity contribution in [1.29, 1.82) is 0 Å². The van der Waals surface area contributed by atoms with Gasteiger partial charge in [0.2, 0.25) is 0 Å². The predicted octanol–water partition coefficient (Wildman–Crippen LogP) is 0.283. The largest absolute Gasteiger partial charge is 0.477 e. The number of hydrogen-bond acceptors (Lipinski definition) is 3. The first-order chi connectivity index (χ1) is 7.13. The lowest BCUT2D eigenvalue weighted by Gasteiger charge is -1.97. The molecule has 0 radical (unpaired) electrons. The number of nitrogens with one attached hydrogen (secondary N) is 1. The molecular formula is C9H9N3O3. The average Bonchev–Trinajstić information content (AvgIpc) is 2.61. The van der Waals surface area contributed by atoms with Gasteiger partial charge < -0.3 is 5.11 Å². The quantitative estimate of drug-likeness (QED) is 0.740. The van der Waals surface area contributed by atoms with Crippen molar-refractivity contribution in [2.75, 3.05) is 0 Å². The third-order valence-electron chi connectivity index (χ3n) is 2.14. The molecule has 0 bridgehead atoms. The fourth-order valence-electron chi connectivity index (χ4n) is 1.37. The molecule has 2 heterocycles. The van der Waals surface area contributed by atoms with Crippen LogP contribution < -0.4 is 5.56 Å². The SMILES string of the molecule is CCc1cc(=O)n2[nH]cc(C(=O)O)c2n1. The highest BCUT2D eigenvalue weighted by atomic mass is 16.4. The molecule has 0 fully saturated rings. The maximum Gasteiger partial charge on any atom is 0.341 e. The molecule has 0 aromatic carbocycles. The topological polar surface area (TPSA) is 87.5 Å². The molecule has 0 amide bonds. The van der Waals surface area contributed by atoms with Gasteiger partial charge in [0.15, 0.2) is 5.65 Å². The van der Waals surface area contributed by atoms with E-state index in [1.54, 1.807) is 0 Å². The van der Waals surface area contributed by atoms with E-state index in [1.807, 2.05) is 6.92 Å². The van der Waals surface area contributed by atoms with Crippen molar-refractivity contribution in [3.8, 4) is 0 Å². The van der Waals surface area contributed by atoms with Gasteiger partial charge in [-0.2, -0.15) is 0 Å². The Balaban J connectivity index is 2.84. The van der Waals surface area contributed by atoms with Crippen LogP contribution in [0.1, 0.15) is 23.0 Å². The van der Waals surface area contributed by atoms with Crippen LogP contribution in [0.2, 0.25) is 0 Å². The number of aromatic carboxylic acids is 1. The van der Waals surface area contributed by atoms with Gasteiger partial charge >= 0.3 is 5.97 Å². The number of carboxylic acid groups (broad SMARTS) is 1. The number of aromatic nitrogens is 3. The Morgan fingerprint density at radius 3 is 3.00 bits per heavy atom. The maximum absolute atomic E-state index is 11.5. The lowest BCUT2D eigenvalue weighted by molar-refractivity contribution is 0.0699. The summed E-state index contributed by atoms with van der Waals surface area (Å²) in [5.74, 6) is -1.10. The summed E-state index contributed by atoms with van der Waals surface area (Å²) >= 11 is 0. The highest BCUT2D eigenvalue weighted by Gasteiger charge is 2.13. The van der Waals surface area contributed by atoms with Crippen molar-refractivity contribution in [1.82, 2.24) is 14.6 Å². The standard InChI is InChI=1S/C9H9N3O3/c1-2-5-3-7(13)12-8(11-5)6(4-10-12)9(14)15/h3-4,10H,2H2,1H3,(H,14,15). The number of carboxylic acids is 1. The second-order valence-electron chi connectivity index (χ2n) is 3.09. The third-order valence-corrected chi connectivity index (χ3v) is 2.14. The minimum Gasteiger partial charge on any atom is -0.477 e. The smallest absolute Gasteiger partial charge is 0.341 e. The van der Waals surface area contributed by atoms with Crippen LogP contribution in [0.4, 0.5) is 0 Å². The number of aryl methyl sites for hydroxylation is 1. The van der Waals surface area contributed by atoms with Crippen LogP contribution in [0.3, 0.4) is 0 Å². The molecule has 0 saturated heterocycles. The molecule has 2 aromatic heterocycles. The van der Waals surface area contributed by atoms with Gasteiger partial charge in [-0.05, 0) is 6.42 Å². The molecule has 0 spiro atoms. The highest BCUT2D eigenvalue weighted by Crippen LogP contribution is 2.06. The van der Waals surface area contributed by atoms with Crippen LogP contribution in [0.25, 0.3) is 5.65 Å². The van der Waals surface area contributed by atoms with Gasteiger partial charge in [0, 0.05) is 18.0 Å². The van der Waals surface area contributed by atoms with Gasteiger partial charge in [-0.15, -0.1) is 0 Å². The summed E-state index contributed by atoms with van der Waals surface area (Å²) in [6.45, 7) is 1.85. The summed E-state index contributed by atoms with van der Waals surface area (Å²) in [5.41, 5.74) is 0.445. The van der Waals surface area contributed by atoms with Gasteiger partial charge in [-0.1, -0.05) is 6.92 Å². The zero-order chi connectivity index (χ0) is 11.0. The Hall–Kier alpha value is -2.11. The first kappa shape index (κ1) is 9.45. The van der Waals surface area contributed by atoms with E-state index < -0.39 is 5.97 Å². The summed E-state index contributed by atoms with van der Waals surface area (Å²) in [6, 6.07) is 1.38. The average molecular weight is 207 g/mol. The molecule has 6 heteroatoms. The lowest BCUT2D eigenvalue weighted by atomic mass is 10.3. The summed E-state index contributed by atoms with van der Waals surface area (Å²) in [4.78, 5) is 26.4. The number of nitrogens with zero attached hydrogens (tertiary/aromatic N) is 2. The van der Waals surface area contributed by atoms with E-state index in [4.69, 9.17) is 5.11 Å². The van der Waals surface area contributed by atoms with Gasteiger partial charge in [0.1, 0.15) is 5.56 Å². The summed E-state index contributed by atoms with van der Waals surface area (Å²) in [5, 5.41) is 11.4. The van der Waals surface area contributed by atoms with Crippen LogP contribution in [0.15, 0.2) is 17.1 Å². The second-order valence-corrected chi connectivity index (χ2v) is 3.09. The molecule has 0 aliphatic carbocycles. The Morgan fingerprint density at radius 2 is 2.40 bits per heavy atom. The van der Waals surface area contributed by atoms with Crippen LogP contribution in [-0.4, -0.2) is 25.7 Å². The van der Waals surface area contributed by atoms with E-state index in [1.165, 1.54) is 12.3 Å². The first-order valence-electron chi connectivity index (χ1n) is 4.47. The number of rotatable bonds is 2. The number of hydrogen-bond donors (Lipinski definition) is 2. The Kier molecular flexibility index (Phi) is 2.03. The Bertz CT molecular complexity index is 582. The Morgan fingerprint density at radius 1 is 1.67 bits per heavy atom. The fourth-order valence-corrected chi connectivity index (χ4v) is 1.37. The number of fused-ring (bicyclic) bond motifs is 1. The molecule has 2 aromatic rings. The monoisotopic (exact) mass is 207 g/mol. The zero-order valence-corrected chi connectivity index (χ0v) is 8.02. The molecule has 6 nitrogen and oxygen atoms in total. The first-order valence-corrected chi connectivity index (χ1v) is 4.47. The minimum absolute atomic E-state index is 0.00222. The van der Waals surface area contributed by atoms with Crippen LogP contribution in [-0.2, 0) is 6.42 Å². The molecule has 0 saturated carbocycles. The molecule has 2 rings (SSSR count). The molecule has 2 N–H and O–H groups in total. The van der Waals surface area contributed by atoms with Crippen molar-refractivity contribution < 1.29 is 9.90 Å². The van der Waals surface area contributed by atoms with Gasteiger partial charge in [0.05, 0.1) is 0 Å². The highest BCUT2D eigenvalue weighted by molar-refractivity contribution is 5.94. The van der Waals surface area contributed by atoms with E-state index in [0.717, 1.165) is 4.52 Å². The number of H-pyrrole nitrogens is 1. The van der Waals surface area contributed by atoms with E-state index in [-0.39, 0.29) is 16.8 Å². The molecular weight excluding hydrogens is 198 g/mol. The fraction of sp³-hybridized carbons (Fsp3) is 0.222. The van der Waals surface area contributed by atoms with Crippen LogP contribution in [0.5, 0.6) is 0 Å². The predicted molar refractivity (Wildman–Crippen MR) is 52.1 cm³/mol. The van der Waals surface area contributed by atoms with Crippen molar-refractivity contribution in [2.45, 2.75) is 13.3 Å². The van der Waals surface area contributed by atoms with E-state index in [0.29, 0.717) is 12.1 Å². The molecule has 0 atom stereocenters. The lowest BCUT2D eigenvalue weighted by Crippen LogP contribution is -2.15. The molecule has 0 aliphatic heterocycles. The Labute approximate surface area is 84.2 Å². The number of carbonyl (C=O) groups is 1. The van der Waals surface area contributed by atoms with E-state index >= 15 is 0 Å². The zero-order valence-electron chi connectivity index (χ0n) is 8.02. The molecule has 0 aliphatic rings. The van der Waals surface area contributed by atoms with Crippen LogP contribution >= 0.6 is 0 Å². The van der Waals surface area contributed by atoms with Crippen molar-refractivity contribution >= 4 is 11.6 Å². The van der Waals surface area contributed by atoms with Crippen molar-refractivity contribution in [3.63, 3.8) is 0 Å². The third kappa shape index (κ3) is 1.39. The van der Waals surface area contributed by atoms with Gasteiger partial charge in [0.25, 0.3) is 5.56 Å². The van der Waals surface area contributed by atoms with Gasteiger partial charge in [-0.25, -0.2) is 14.3 Å². The van der Waals surface area contributed by atoms with Crippen molar-refractivity contribution in [3.05, 3.63) is 33.9 Å². The van der Waals surface area contributed by atoms with Crippen LogP contribution in [0, 0.1) is 0 Å². The number of aromatic amines is 1. The summed E-state index contributed by atoms with van der Waals surface area (Å²) in [7, 11) is 0. The second kappa shape index (κ2) is 3.23.